The molecule has 0 atom stereocenters. The number of aromatic nitrogens is 3. The van der Waals surface area contributed by atoms with Crippen molar-refractivity contribution in [2.24, 2.45) is 0 Å². The predicted molar refractivity (Wildman–Crippen MR) is 108 cm³/mol. The Morgan fingerprint density at radius 1 is 1.10 bits per heavy atom. The largest absolute Gasteiger partial charge is 0.507 e. The minimum absolute atomic E-state index is 0.0299. The molecule has 6 nitrogen and oxygen atoms in total. The van der Waals surface area contributed by atoms with Crippen LogP contribution in [0.15, 0.2) is 47.4 Å². The van der Waals surface area contributed by atoms with Gasteiger partial charge in [0.25, 0.3) is 5.56 Å². The van der Waals surface area contributed by atoms with Gasteiger partial charge in [-0.1, -0.05) is 29.3 Å². The molecule has 2 aromatic heterocycles. The minimum atomic E-state index is -4.87. The molecule has 4 rings (SSSR count). The number of phenolic OH excluding ortho intramolecular Hbond substituents is 1. The van der Waals surface area contributed by atoms with Gasteiger partial charge in [0, 0.05) is 11.8 Å². The third kappa shape index (κ3) is 3.50. The van der Waals surface area contributed by atoms with Crippen LogP contribution in [0.5, 0.6) is 5.75 Å². The average molecular weight is 465 g/mol. The van der Waals surface area contributed by atoms with Crippen molar-refractivity contribution in [3.05, 3.63) is 74.3 Å². The third-order valence-electron chi connectivity index (χ3n) is 4.56. The number of fused-ring (bicyclic) bond motifs is 1. The summed E-state index contributed by atoms with van der Waals surface area (Å²) >= 11 is 11.8. The van der Waals surface area contributed by atoms with E-state index in [9.17, 15) is 23.1 Å². The summed E-state index contributed by atoms with van der Waals surface area (Å²) in [7, 11) is 0. The van der Waals surface area contributed by atoms with Gasteiger partial charge in [-0.3, -0.25) is 4.79 Å². The monoisotopic (exact) mass is 464 g/mol. The molecule has 0 saturated heterocycles. The van der Waals surface area contributed by atoms with Gasteiger partial charge in [0.1, 0.15) is 11.4 Å². The number of halogens is 5. The molecule has 2 heterocycles. The van der Waals surface area contributed by atoms with Crippen molar-refractivity contribution in [2.75, 3.05) is 0 Å². The molecule has 11 heteroatoms. The van der Waals surface area contributed by atoms with Crippen LogP contribution in [0, 0.1) is 11.3 Å². The normalized spacial score (nSPS) is 11.6. The third-order valence-corrected chi connectivity index (χ3v) is 5.29. The minimum Gasteiger partial charge on any atom is -0.507 e. The Balaban J connectivity index is 2.02. The number of nitrogens with zero attached hydrogens (tertiary/aromatic N) is 3. The molecule has 0 aliphatic carbocycles. The van der Waals surface area contributed by atoms with Gasteiger partial charge in [-0.15, -0.1) is 0 Å². The van der Waals surface area contributed by atoms with Gasteiger partial charge in [-0.05, 0) is 35.9 Å². The Morgan fingerprint density at radius 3 is 2.45 bits per heavy atom. The lowest BCUT2D eigenvalue weighted by Gasteiger charge is -2.08. The molecule has 0 saturated carbocycles. The number of aromatic amines is 1. The molecule has 0 aliphatic heterocycles. The lowest BCUT2D eigenvalue weighted by Crippen LogP contribution is -2.18. The van der Waals surface area contributed by atoms with Gasteiger partial charge in [0.15, 0.2) is 5.69 Å². The first-order chi connectivity index (χ1) is 14.6. The van der Waals surface area contributed by atoms with Crippen LogP contribution in [0.25, 0.3) is 27.9 Å². The van der Waals surface area contributed by atoms with Gasteiger partial charge < -0.3 is 10.1 Å². The van der Waals surface area contributed by atoms with Gasteiger partial charge in [-0.25, -0.2) is 0 Å². The fraction of sp³-hybridized carbons (Fsp3) is 0.0500. The highest BCUT2D eigenvalue weighted by molar-refractivity contribution is 6.42. The molecule has 0 amide bonds. The number of alkyl halides is 3. The summed E-state index contributed by atoms with van der Waals surface area (Å²) in [5.41, 5.74) is -2.67. The van der Waals surface area contributed by atoms with E-state index < -0.39 is 17.4 Å². The smallest absolute Gasteiger partial charge is 0.435 e. The highest BCUT2D eigenvalue weighted by Gasteiger charge is 2.39. The molecule has 0 aliphatic rings. The number of aromatic hydroxyl groups is 1. The standard InChI is InChI=1S/C20H9Cl2F3N4O2/c21-13-4-2-10(6-14(13)22)16-17(20(23,24)25)28-29-18(16)27-8-12(19(29)31)11-3-1-9(7-26)5-15(11)30/h1-6,8,27,30H. The molecule has 31 heavy (non-hydrogen) atoms. The molecule has 0 fully saturated rings. The molecule has 0 spiro atoms. The SMILES string of the molecule is N#Cc1ccc(-c2c[nH]c3c(-c4ccc(Cl)c(Cl)c4)c(C(F)(F)F)nn3c2=O)c(O)c1. The molecule has 2 aromatic carbocycles. The second-order valence-electron chi connectivity index (χ2n) is 6.46. The van der Waals surface area contributed by atoms with Gasteiger partial charge in [0.2, 0.25) is 0 Å². The molecular formula is C20H9Cl2F3N4O2. The van der Waals surface area contributed by atoms with Crippen molar-refractivity contribution >= 4 is 28.8 Å². The van der Waals surface area contributed by atoms with Crippen LogP contribution in [0.4, 0.5) is 13.2 Å². The molecular weight excluding hydrogens is 456 g/mol. The van der Waals surface area contributed by atoms with E-state index in [4.69, 9.17) is 28.5 Å². The maximum Gasteiger partial charge on any atom is 0.435 e. The average Bonchev–Trinajstić information content (AvgIpc) is 3.12. The van der Waals surface area contributed by atoms with Crippen LogP contribution < -0.4 is 5.56 Å². The number of hydrogen-bond acceptors (Lipinski definition) is 4. The quantitative estimate of drug-likeness (QED) is 0.423. The summed E-state index contributed by atoms with van der Waals surface area (Å²) in [6.45, 7) is 0. The van der Waals surface area contributed by atoms with Crippen molar-refractivity contribution in [2.45, 2.75) is 6.18 Å². The number of H-pyrrole nitrogens is 1. The van der Waals surface area contributed by atoms with Crippen molar-refractivity contribution in [1.82, 2.24) is 14.6 Å². The predicted octanol–water partition coefficient (Wildman–Crippen LogP) is 5.26. The fourth-order valence-corrected chi connectivity index (χ4v) is 3.46. The zero-order valence-electron chi connectivity index (χ0n) is 15.1. The van der Waals surface area contributed by atoms with Gasteiger partial charge in [-0.2, -0.15) is 28.0 Å². The number of hydrogen-bond donors (Lipinski definition) is 2. The van der Waals surface area contributed by atoms with Crippen LogP contribution in [0.3, 0.4) is 0 Å². The molecule has 2 N–H and O–H groups in total. The number of nitriles is 1. The molecule has 156 valence electrons. The van der Waals surface area contributed by atoms with Crippen LogP contribution in [-0.4, -0.2) is 19.7 Å². The lowest BCUT2D eigenvalue weighted by atomic mass is 10.0. The Hall–Kier alpha value is -3.48. The van der Waals surface area contributed by atoms with Crippen molar-refractivity contribution < 1.29 is 18.3 Å². The first-order valence-corrected chi connectivity index (χ1v) is 9.28. The zero-order chi connectivity index (χ0) is 22.5. The number of rotatable bonds is 2. The van der Waals surface area contributed by atoms with E-state index in [1.54, 1.807) is 0 Å². The van der Waals surface area contributed by atoms with Crippen LogP contribution >= 0.6 is 23.2 Å². The summed E-state index contributed by atoms with van der Waals surface area (Å²) < 4.78 is 41.8. The van der Waals surface area contributed by atoms with Crippen molar-refractivity contribution in [1.29, 1.82) is 5.26 Å². The van der Waals surface area contributed by atoms with Crippen LogP contribution in [0.1, 0.15) is 11.3 Å². The van der Waals surface area contributed by atoms with Crippen LogP contribution in [-0.2, 0) is 6.18 Å². The topological polar surface area (TPSA) is 94.2 Å². The van der Waals surface area contributed by atoms with E-state index in [0.29, 0.717) is 4.52 Å². The Bertz CT molecular complexity index is 1450. The van der Waals surface area contributed by atoms with E-state index in [1.165, 1.54) is 36.5 Å². The maximum atomic E-state index is 13.7. The van der Waals surface area contributed by atoms with E-state index >= 15 is 0 Å². The number of benzene rings is 2. The first kappa shape index (κ1) is 20.8. The zero-order valence-corrected chi connectivity index (χ0v) is 16.6. The fourth-order valence-electron chi connectivity index (χ4n) is 3.16. The molecule has 0 unspecified atom stereocenters. The highest BCUT2D eigenvalue weighted by atomic mass is 35.5. The van der Waals surface area contributed by atoms with Gasteiger partial charge >= 0.3 is 6.18 Å². The molecule has 0 bridgehead atoms. The summed E-state index contributed by atoms with van der Waals surface area (Å²) in [5.74, 6) is -0.378. The molecule has 4 aromatic rings. The Morgan fingerprint density at radius 2 is 1.84 bits per heavy atom. The second-order valence-corrected chi connectivity index (χ2v) is 7.28. The second kappa shape index (κ2) is 7.34. The summed E-state index contributed by atoms with van der Waals surface area (Å²) in [6, 6.07) is 9.58. The van der Waals surface area contributed by atoms with Crippen molar-refractivity contribution in [3.8, 4) is 34.1 Å². The summed E-state index contributed by atoms with van der Waals surface area (Å²) in [4.78, 5) is 15.6. The van der Waals surface area contributed by atoms with E-state index in [-0.39, 0.29) is 49.3 Å². The summed E-state index contributed by atoms with van der Waals surface area (Å²) in [5, 5.41) is 22.8. The number of phenols is 1. The van der Waals surface area contributed by atoms with E-state index in [0.717, 1.165) is 6.07 Å². The molecule has 0 radical (unpaired) electrons. The highest BCUT2D eigenvalue weighted by Crippen LogP contribution is 2.40. The summed E-state index contributed by atoms with van der Waals surface area (Å²) in [6.07, 6.45) is -3.70. The lowest BCUT2D eigenvalue weighted by molar-refractivity contribution is -0.140. The van der Waals surface area contributed by atoms with E-state index in [2.05, 4.69) is 10.1 Å². The van der Waals surface area contributed by atoms with Gasteiger partial charge in [0.05, 0.1) is 32.8 Å². The van der Waals surface area contributed by atoms with Crippen molar-refractivity contribution in [3.63, 3.8) is 0 Å². The Labute approximate surface area is 181 Å². The Kier molecular flexibility index (Phi) is 4.92. The number of nitrogens with one attached hydrogen (secondary N) is 1. The van der Waals surface area contributed by atoms with Crippen LogP contribution in [0.2, 0.25) is 10.0 Å². The maximum absolute atomic E-state index is 13.7. The van der Waals surface area contributed by atoms with E-state index in [1.807, 2.05) is 6.07 Å². The first-order valence-electron chi connectivity index (χ1n) is 8.52.